The van der Waals surface area contributed by atoms with Crippen LogP contribution in [-0.2, 0) is 4.79 Å². The molecule has 0 aliphatic heterocycles. The monoisotopic (exact) mass is 275 g/mol. The first kappa shape index (κ1) is 18.4. The fourth-order valence-corrected chi connectivity index (χ4v) is 1.82. The van der Waals surface area contributed by atoms with Crippen LogP contribution in [0.5, 0.6) is 0 Å². The summed E-state index contributed by atoms with van der Waals surface area (Å²) in [7, 11) is 0. The molecule has 20 heavy (non-hydrogen) atoms. The van der Waals surface area contributed by atoms with E-state index in [9.17, 15) is 9.90 Å². The number of hydrogen-bond acceptors (Lipinski definition) is 2. The third-order valence-electron chi connectivity index (χ3n) is 3.34. The molecule has 0 aromatic heterocycles. The van der Waals surface area contributed by atoms with Gasteiger partial charge >= 0.3 is 0 Å². The van der Waals surface area contributed by atoms with Gasteiger partial charge in [0.05, 0.1) is 5.97 Å². The van der Waals surface area contributed by atoms with Gasteiger partial charge in [0.2, 0.25) is 0 Å². The molecular formula is C18H27O2-. The highest BCUT2D eigenvalue weighted by molar-refractivity contribution is 5.84. The number of aliphatic carboxylic acids is 1. The zero-order valence-electron chi connectivity index (χ0n) is 13.3. The summed E-state index contributed by atoms with van der Waals surface area (Å²) in [6.45, 7) is 11.8. The summed E-state index contributed by atoms with van der Waals surface area (Å²) >= 11 is 0. The van der Waals surface area contributed by atoms with E-state index in [4.69, 9.17) is 0 Å². The van der Waals surface area contributed by atoms with Crippen LogP contribution in [-0.4, -0.2) is 5.97 Å². The van der Waals surface area contributed by atoms with Crippen LogP contribution in [0.25, 0.3) is 0 Å². The maximum absolute atomic E-state index is 10.6. The van der Waals surface area contributed by atoms with Gasteiger partial charge in [-0.15, -0.1) is 0 Å². The maximum Gasteiger partial charge on any atom is 0.0672 e. The summed E-state index contributed by atoms with van der Waals surface area (Å²) in [6.07, 6.45) is 11.1. The zero-order chi connectivity index (χ0) is 15.5. The predicted octanol–water partition coefficient (Wildman–Crippen LogP) is 4.10. The SMILES string of the molecule is C=C(C/C(C)=C/CC/C(C)=C/CC/C(C)=C/C)C(=O)[O-]. The van der Waals surface area contributed by atoms with Crippen LogP contribution < -0.4 is 5.11 Å². The lowest BCUT2D eigenvalue weighted by molar-refractivity contribution is -0.299. The second-order valence-corrected chi connectivity index (χ2v) is 5.38. The lowest BCUT2D eigenvalue weighted by Crippen LogP contribution is -2.23. The summed E-state index contributed by atoms with van der Waals surface area (Å²) in [5.74, 6) is -1.16. The number of carboxylic acid groups (broad SMARTS) is 1. The molecule has 0 saturated carbocycles. The Labute approximate surface area is 123 Å². The third kappa shape index (κ3) is 9.37. The third-order valence-corrected chi connectivity index (χ3v) is 3.34. The summed E-state index contributed by atoms with van der Waals surface area (Å²) in [4.78, 5) is 10.6. The summed E-state index contributed by atoms with van der Waals surface area (Å²) in [5, 5.41) is 10.6. The second kappa shape index (κ2) is 10.2. The average molecular weight is 275 g/mol. The van der Waals surface area contributed by atoms with Crippen LogP contribution in [0.3, 0.4) is 0 Å². The number of allylic oxidation sites excluding steroid dienone is 6. The molecule has 0 spiro atoms. The van der Waals surface area contributed by atoms with Gasteiger partial charge in [-0.3, -0.25) is 0 Å². The van der Waals surface area contributed by atoms with Crippen LogP contribution in [0, 0.1) is 0 Å². The minimum atomic E-state index is -1.16. The van der Waals surface area contributed by atoms with E-state index < -0.39 is 5.97 Å². The first-order valence-electron chi connectivity index (χ1n) is 7.19. The normalized spacial score (nSPS) is 13.5. The van der Waals surface area contributed by atoms with Crippen LogP contribution in [0.1, 0.15) is 59.8 Å². The summed E-state index contributed by atoms with van der Waals surface area (Å²) in [6, 6.07) is 0. The standard InChI is InChI=1S/C18H28O2/c1-6-14(2)9-7-10-15(3)11-8-12-16(4)13-17(5)18(19)20/h6,10,12H,5,7-9,11,13H2,1-4H3,(H,19,20)/p-1/b14-6+,15-10+,16-12+. The van der Waals surface area contributed by atoms with E-state index in [0.717, 1.165) is 31.3 Å². The van der Waals surface area contributed by atoms with Gasteiger partial charge in [-0.05, 0) is 65.4 Å². The van der Waals surface area contributed by atoms with E-state index in [0.29, 0.717) is 6.42 Å². The average Bonchev–Trinajstić information content (AvgIpc) is 2.38. The molecule has 0 aromatic carbocycles. The largest absolute Gasteiger partial charge is 0.545 e. The van der Waals surface area contributed by atoms with Gasteiger partial charge in [-0.2, -0.15) is 0 Å². The fraction of sp³-hybridized carbons (Fsp3) is 0.500. The van der Waals surface area contributed by atoms with Crippen LogP contribution >= 0.6 is 0 Å². The van der Waals surface area contributed by atoms with Crippen molar-refractivity contribution in [2.75, 3.05) is 0 Å². The molecule has 0 N–H and O–H groups in total. The van der Waals surface area contributed by atoms with Crippen molar-refractivity contribution in [2.45, 2.75) is 59.8 Å². The Morgan fingerprint density at radius 2 is 1.50 bits per heavy atom. The Morgan fingerprint density at radius 3 is 2.00 bits per heavy atom. The highest BCUT2D eigenvalue weighted by Gasteiger charge is 1.97. The van der Waals surface area contributed by atoms with Gasteiger partial charge in [0.25, 0.3) is 0 Å². The smallest absolute Gasteiger partial charge is 0.0672 e. The molecule has 0 saturated heterocycles. The zero-order valence-corrected chi connectivity index (χ0v) is 13.3. The molecule has 0 bridgehead atoms. The Balaban J connectivity index is 4.06. The first-order chi connectivity index (χ1) is 9.36. The summed E-state index contributed by atoms with van der Waals surface area (Å²) in [5.41, 5.74) is 3.99. The molecule has 0 amide bonds. The van der Waals surface area contributed by atoms with Gasteiger partial charge < -0.3 is 9.90 Å². The van der Waals surface area contributed by atoms with E-state index in [-0.39, 0.29) is 5.57 Å². The Bertz CT molecular complexity index is 423. The van der Waals surface area contributed by atoms with Crippen LogP contribution in [0.15, 0.2) is 47.1 Å². The lowest BCUT2D eigenvalue weighted by atomic mass is 10.0. The Hall–Kier alpha value is -1.57. The number of carboxylic acids is 1. The van der Waals surface area contributed by atoms with Crippen molar-refractivity contribution in [1.29, 1.82) is 0 Å². The van der Waals surface area contributed by atoms with Crippen LogP contribution in [0.4, 0.5) is 0 Å². The topological polar surface area (TPSA) is 40.1 Å². The molecule has 0 aromatic rings. The first-order valence-corrected chi connectivity index (χ1v) is 7.19. The maximum atomic E-state index is 10.6. The van der Waals surface area contributed by atoms with E-state index in [1.807, 2.05) is 6.92 Å². The van der Waals surface area contributed by atoms with Crippen molar-refractivity contribution in [3.8, 4) is 0 Å². The van der Waals surface area contributed by atoms with Gasteiger partial charge in [0.1, 0.15) is 0 Å². The number of rotatable bonds is 9. The fourth-order valence-electron chi connectivity index (χ4n) is 1.82. The molecule has 2 heteroatoms. The highest BCUT2D eigenvalue weighted by atomic mass is 16.4. The predicted molar refractivity (Wildman–Crippen MR) is 84.2 cm³/mol. The molecule has 112 valence electrons. The Kier molecular flexibility index (Phi) is 9.44. The van der Waals surface area contributed by atoms with E-state index in [1.54, 1.807) is 0 Å². The molecule has 0 rings (SSSR count). The van der Waals surface area contributed by atoms with E-state index in [1.165, 1.54) is 11.1 Å². The molecule has 0 unspecified atom stereocenters. The molecule has 0 fully saturated rings. The van der Waals surface area contributed by atoms with Crippen molar-refractivity contribution < 1.29 is 9.90 Å². The quantitative estimate of drug-likeness (QED) is 0.469. The highest BCUT2D eigenvalue weighted by Crippen LogP contribution is 2.13. The molecular weight excluding hydrogens is 248 g/mol. The number of hydrogen-bond donors (Lipinski definition) is 0. The van der Waals surface area contributed by atoms with Gasteiger partial charge in [-0.25, -0.2) is 0 Å². The molecule has 0 radical (unpaired) electrons. The van der Waals surface area contributed by atoms with Gasteiger partial charge in [0, 0.05) is 0 Å². The lowest BCUT2D eigenvalue weighted by Gasteiger charge is -2.06. The molecule has 2 nitrogen and oxygen atoms in total. The Morgan fingerprint density at radius 1 is 1.00 bits per heavy atom. The minimum Gasteiger partial charge on any atom is -0.545 e. The molecule has 0 heterocycles. The van der Waals surface area contributed by atoms with Gasteiger partial charge in [-0.1, -0.05) is 41.5 Å². The van der Waals surface area contributed by atoms with Gasteiger partial charge in [0.15, 0.2) is 0 Å². The van der Waals surface area contributed by atoms with Crippen molar-refractivity contribution >= 4 is 5.97 Å². The van der Waals surface area contributed by atoms with E-state index >= 15 is 0 Å². The molecule has 0 atom stereocenters. The van der Waals surface area contributed by atoms with Crippen molar-refractivity contribution in [2.24, 2.45) is 0 Å². The minimum absolute atomic E-state index is 0.146. The van der Waals surface area contributed by atoms with E-state index in [2.05, 4.69) is 45.6 Å². The van der Waals surface area contributed by atoms with Crippen molar-refractivity contribution in [3.05, 3.63) is 47.1 Å². The van der Waals surface area contributed by atoms with Crippen molar-refractivity contribution in [1.82, 2.24) is 0 Å². The summed E-state index contributed by atoms with van der Waals surface area (Å²) < 4.78 is 0. The van der Waals surface area contributed by atoms with Crippen molar-refractivity contribution in [3.63, 3.8) is 0 Å². The number of carbonyl (C=O) groups excluding carboxylic acids is 1. The molecule has 0 aliphatic carbocycles. The number of carbonyl (C=O) groups is 1. The second-order valence-electron chi connectivity index (χ2n) is 5.38. The molecule has 0 aliphatic rings. The van der Waals surface area contributed by atoms with Crippen LogP contribution in [0.2, 0.25) is 0 Å².